The number of thioether (sulfide) groups is 1. The minimum Gasteiger partial charge on any atom is -0.481 e. The van der Waals surface area contributed by atoms with Gasteiger partial charge in [0.15, 0.2) is 11.5 Å². The summed E-state index contributed by atoms with van der Waals surface area (Å²) in [5, 5.41) is 9.33. The summed E-state index contributed by atoms with van der Waals surface area (Å²) in [4.78, 5) is 12.6. The Balaban J connectivity index is 1.85. The topological polar surface area (TPSA) is 55.8 Å². The highest BCUT2D eigenvalue weighted by Gasteiger charge is 2.29. The second-order valence-corrected chi connectivity index (χ2v) is 7.14. The van der Waals surface area contributed by atoms with Gasteiger partial charge in [0, 0.05) is 4.90 Å². The number of fused-ring (bicyclic) bond motifs is 2. The molecular weight excluding hydrogens is 348 g/mol. The molecule has 0 aromatic heterocycles. The third-order valence-electron chi connectivity index (χ3n) is 4.74. The second kappa shape index (κ2) is 6.57. The lowest BCUT2D eigenvalue weighted by atomic mass is 10.00. The molecule has 0 saturated heterocycles. The zero-order valence-corrected chi connectivity index (χ0v) is 15.4. The highest BCUT2D eigenvalue weighted by Crippen LogP contribution is 2.48. The predicted molar refractivity (Wildman–Crippen MR) is 104 cm³/mol. The molecule has 4 nitrogen and oxygen atoms in total. The summed E-state index contributed by atoms with van der Waals surface area (Å²) in [6.45, 7) is 2.18. The zero-order chi connectivity index (χ0) is 18.3. The van der Waals surface area contributed by atoms with Crippen LogP contribution in [0.4, 0.5) is 0 Å². The van der Waals surface area contributed by atoms with Crippen LogP contribution in [0.25, 0.3) is 17.2 Å². The van der Waals surface area contributed by atoms with Gasteiger partial charge in [0.05, 0.1) is 6.42 Å². The van der Waals surface area contributed by atoms with Crippen molar-refractivity contribution in [1.82, 2.24) is 0 Å². The van der Waals surface area contributed by atoms with E-state index in [1.807, 2.05) is 25.3 Å². The molecule has 1 N–H and O–H groups in total. The summed E-state index contributed by atoms with van der Waals surface area (Å²) < 4.78 is 11.0. The van der Waals surface area contributed by atoms with Crippen LogP contribution < -0.4 is 9.47 Å². The molecule has 2 aromatic rings. The van der Waals surface area contributed by atoms with Gasteiger partial charge in [0.2, 0.25) is 6.79 Å². The van der Waals surface area contributed by atoms with Crippen LogP contribution in [0.2, 0.25) is 0 Å². The van der Waals surface area contributed by atoms with Gasteiger partial charge in [-0.3, -0.25) is 4.79 Å². The van der Waals surface area contributed by atoms with Gasteiger partial charge in [0.25, 0.3) is 0 Å². The maximum atomic E-state index is 11.4. The van der Waals surface area contributed by atoms with Gasteiger partial charge in [-0.2, -0.15) is 0 Å². The van der Waals surface area contributed by atoms with Gasteiger partial charge >= 0.3 is 5.97 Å². The molecule has 5 heteroatoms. The summed E-state index contributed by atoms with van der Waals surface area (Å²) in [6, 6.07) is 12.2. The molecule has 2 aromatic carbocycles. The van der Waals surface area contributed by atoms with Crippen LogP contribution in [-0.2, 0) is 4.79 Å². The lowest BCUT2D eigenvalue weighted by Gasteiger charge is -2.07. The first-order valence-electron chi connectivity index (χ1n) is 8.29. The zero-order valence-electron chi connectivity index (χ0n) is 14.5. The number of rotatable bonds is 4. The Labute approximate surface area is 156 Å². The fourth-order valence-electron chi connectivity index (χ4n) is 3.41. The molecule has 1 aliphatic heterocycles. The van der Waals surface area contributed by atoms with Crippen molar-refractivity contribution in [3.8, 4) is 11.5 Å². The maximum Gasteiger partial charge on any atom is 0.307 e. The number of hydrogen-bond acceptors (Lipinski definition) is 4. The van der Waals surface area contributed by atoms with Crippen molar-refractivity contribution >= 4 is 35.0 Å². The Bertz CT molecular complexity index is 955. The van der Waals surface area contributed by atoms with E-state index < -0.39 is 5.97 Å². The highest BCUT2D eigenvalue weighted by atomic mass is 32.2. The maximum absolute atomic E-state index is 11.4. The highest BCUT2D eigenvalue weighted by molar-refractivity contribution is 7.98. The fraction of sp³-hybridized carbons (Fsp3) is 0.190. The number of allylic oxidation sites excluding steroid dienone is 2. The number of hydrogen-bond donors (Lipinski definition) is 1. The molecule has 0 fully saturated rings. The normalized spacial score (nSPS) is 16.3. The van der Waals surface area contributed by atoms with Crippen LogP contribution in [0.5, 0.6) is 11.5 Å². The van der Waals surface area contributed by atoms with Crippen molar-refractivity contribution in [3.63, 3.8) is 0 Å². The Morgan fingerprint density at radius 3 is 2.42 bits per heavy atom. The van der Waals surface area contributed by atoms with Crippen molar-refractivity contribution in [3.05, 3.63) is 58.7 Å². The van der Waals surface area contributed by atoms with E-state index in [4.69, 9.17) is 9.47 Å². The average Bonchev–Trinajstić information content (AvgIpc) is 3.18. The third-order valence-corrected chi connectivity index (χ3v) is 5.48. The molecular formula is C21H18O4S. The largest absolute Gasteiger partial charge is 0.481 e. The molecule has 0 saturated carbocycles. The van der Waals surface area contributed by atoms with E-state index in [0.717, 1.165) is 33.4 Å². The van der Waals surface area contributed by atoms with Crippen molar-refractivity contribution in [2.75, 3.05) is 13.0 Å². The number of carbonyl (C=O) groups is 1. The fourth-order valence-corrected chi connectivity index (χ4v) is 3.82. The van der Waals surface area contributed by atoms with Gasteiger partial charge < -0.3 is 14.6 Å². The molecule has 0 atom stereocenters. The van der Waals surface area contributed by atoms with Crippen LogP contribution in [0, 0.1) is 0 Å². The first-order chi connectivity index (χ1) is 12.6. The van der Waals surface area contributed by atoms with Crippen molar-refractivity contribution in [2.45, 2.75) is 18.2 Å². The summed E-state index contributed by atoms with van der Waals surface area (Å²) in [5.74, 6) is 0.537. The van der Waals surface area contributed by atoms with Gasteiger partial charge in [0.1, 0.15) is 0 Å². The number of carboxylic acids is 1. The standard InChI is InChI=1S/C21H18O4S/c1-12-15(7-13-3-5-14(26-2)6-4-13)17-8-19-20(25-11-24-19)9-18(17)16(12)10-21(22)23/h3-9H,10-11H2,1-2H3,(H,22,23)/b15-7-. The van der Waals surface area contributed by atoms with Crippen LogP contribution >= 0.6 is 11.8 Å². The average molecular weight is 366 g/mol. The monoisotopic (exact) mass is 366 g/mol. The molecule has 1 heterocycles. The first kappa shape index (κ1) is 16.8. The minimum atomic E-state index is -0.839. The van der Waals surface area contributed by atoms with E-state index in [9.17, 15) is 9.90 Å². The van der Waals surface area contributed by atoms with Crippen LogP contribution in [-0.4, -0.2) is 24.1 Å². The summed E-state index contributed by atoms with van der Waals surface area (Å²) in [7, 11) is 0. The van der Waals surface area contributed by atoms with Gasteiger partial charge in [-0.25, -0.2) is 0 Å². The van der Waals surface area contributed by atoms with Gasteiger partial charge in [-0.1, -0.05) is 12.1 Å². The summed E-state index contributed by atoms with van der Waals surface area (Å²) in [6.07, 6.45) is 4.14. The van der Waals surface area contributed by atoms with Crippen molar-refractivity contribution in [1.29, 1.82) is 0 Å². The smallest absolute Gasteiger partial charge is 0.307 e. The lowest BCUT2D eigenvalue weighted by Crippen LogP contribution is -1.97. The quantitative estimate of drug-likeness (QED) is 0.777. The SMILES string of the molecule is CSc1ccc(/C=C2/C(C)=C(CC(=O)O)c3cc4c(cc32)OCO4)cc1. The van der Waals surface area contributed by atoms with E-state index in [1.54, 1.807) is 11.8 Å². The van der Waals surface area contributed by atoms with Crippen molar-refractivity contribution in [2.24, 2.45) is 0 Å². The second-order valence-electron chi connectivity index (χ2n) is 6.26. The first-order valence-corrected chi connectivity index (χ1v) is 9.51. The van der Waals surface area contributed by atoms with E-state index >= 15 is 0 Å². The molecule has 0 spiro atoms. The Morgan fingerprint density at radius 1 is 1.15 bits per heavy atom. The summed E-state index contributed by atoms with van der Waals surface area (Å²) >= 11 is 1.70. The molecule has 0 radical (unpaired) electrons. The molecule has 132 valence electrons. The van der Waals surface area contributed by atoms with Gasteiger partial charge in [-0.15, -0.1) is 11.8 Å². The number of ether oxygens (including phenoxy) is 2. The number of carboxylic acid groups (broad SMARTS) is 1. The van der Waals surface area contributed by atoms with E-state index in [-0.39, 0.29) is 13.2 Å². The molecule has 0 bridgehead atoms. The number of aliphatic carboxylic acids is 1. The van der Waals surface area contributed by atoms with E-state index in [2.05, 4.69) is 30.3 Å². The summed E-state index contributed by atoms with van der Waals surface area (Å²) in [5.41, 5.74) is 5.85. The molecule has 2 aliphatic rings. The van der Waals surface area contributed by atoms with Crippen LogP contribution in [0.3, 0.4) is 0 Å². The molecule has 26 heavy (non-hydrogen) atoms. The molecule has 0 unspecified atom stereocenters. The minimum absolute atomic E-state index is 0.0127. The van der Waals surface area contributed by atoms with Gasteiger partial charge in [-0.05, 0) is 76.9 Å². The van der Waals surface area contributed by atoms with Crippen molar-refractivity contribution < 1.29 is 19.4 Å². The Kier molecular flexibility index (Phi) is 4.24. The predicted octanol–water partition coefficient (Wildman–Crippen LogP) is 4.94. The van der Waals surface area contributed by atoms with Crippen LogP contribution in [0.1, 0.15) is 30.0 Å². The van der Waals surface area contributed by atoms with E-state index in [0.29, 0.717) is 11.5 Å². The third kappa shape index (κ3) is 2.88. The molecule has 1 aliphatic carbocycles. The Hall–Kier alpha value is -2.66. The lowest BCUT2D eigenvalue weighted by molar-refractivity contribution is -0.135. The molecule has 0 amide bonds. The van der Waals surface area contributed by atoms with E-state index in [1.165, 1.54) is 4.90 Å². The molecule has 4 rings (SSSR count). The Morgan fingerprint density at radius 2 is 1.81 bits per heavy atom. The number of benzene rings is 2. The van der Waals surface area contributed by atoms with Crippen LogP contribution in [0.15, 0.2) is 46.9 Å².